The molecule has 0 spiro atoms. The van der Waals surface area contributed by atoms with Gasteiger partial charge in [0.15, 0.2) is 5.78 Å². The molecule has 0 amide bonds. The van der Waals surface area contributed by atoms with Crippen molar-refractivity contribution in [2.45, 2.75) is 32.1 Å². The van der Waals surface area contributed by atoms with Crippen molar-refractivity contribution in [1.29, 1.82) is 0 Å². The highest BCUT2D eigenvalue weighted by Gasteiger charge is 2.18. The Kier molecular flexibility index (Phi) is 5.60. The van der Waals surface area contributed by atoms with Gasteiger partial charge in [0.2, 0.25) is 0 Å². The minimum atomic E-state index is 0.140. The van der Waals surface area contributed by atoms with Gasteiger partial charge in [0.05, 0.1) is 19.2 Å². The first-order valence-electron chi connectivity index (χ1n) is 7.55. The minimum Gasteiger partial charge on any atom is -0.496 e. The van der Waals surface area contributed by atoms with Gasteiger partial charge in [-0.15, -0.1) is 0 Å². The third-order valence-electron chi connectivity index (χ3n) is 4.12. The zero-order chi connectivity index (χ0) is 14.4. The third-order valence-corrected chi connectivity index (χ3v) is 4.12. The van der Waals surface area contributed by atoms with Crippen molar-refractivity contribution in [3.05, 3.63) is 29.8 Å². The number of carbonyl (C=O) groups is 1. The van der Waals surface area contributed by atoms with E-state index in [4.69, 9.17) is 4.74 Å². The summed E-state index contributed by atoms with van der Waals surface area (Å²) in [5, 5.41) is 0. The quantitative estimate of drug-likeness (QED) is 0.745. The SMILES string of the molecule is COc1ccccc1C(=O)CN(C)CC1CCCCC1. The Hall–Kier alpha value is -1.35. The van der Waals surface area contributed by atoms with E-state index in [1.807, 2.05) is 31.3 Å². The molecular formula is C17H25NO2. The van der Waals surface area contributed by atoms with Crippen molar-refractivity contribution in [2.75, 3.05) is 27.2 Å². The summed E-state index contributed by atoms with van der Waals surface area (Å²) in [6, 6.07) is 7.46. The molecule has 110 valence electrons. The van der Waals surface area contributed by atoms with Crippen molar-refractivity contribution in [2.24, 2.45) is 5.92 Å². The fourth-order valence-corrected chi connectivity index (χ4v) is 3.08. The molecule has 0 atom stereocenters. The zero-order valence-corrected chi connectivity index (χ0v) is 12.6. The molecule has 0 radical (unpaired) electrons. The highest BCUT2D eigenvalue weighted by Crippen LogP contribution is 2.24. The lowest BCUT2D eigenvalue weighted by atomic mass is 9.89. The number of Topliss-reactive ketones (excluding diaryl/α,β-unsaturated/α-hetero) is 1. The molecule has 1 fully saturated rings. The van der Waals surface area contributed by atoms with Gasteiger partial charge in [0.1, 0.15) is 5.75 Å². The number of methoxy groups -OCH3 is 1. The zero-order valence-electron chi connectivity index (χ0n) is 12.6. The molecule has 3 nitrogen and oxygen atoms in total. The Labute approximate surface area is 121 Å². The molecule has 1 saturated carbocycles. The molecule has 0 unspecified atom stereocenters. The molecule has 3 heteroatoms. The number of likely N-dealkylation sites (N-methyl/N-ethyl adjacent to an activating group) is 1. The van der Waals surface area contributed by atoms with Gasteiger partial charge in [-0.25, -0.2) is 0 Å². The first-order chi connectivity index (χ1) is 9.70. The number of rotatable bonds is 6. The lowest BCUT2D eigenvalue weighted by Gasteiger charge is -2.26. The van der Waals surface area contributed by atoms with E-state index in [-0.39, 0.29) is 5.78 Å². The second-order valence-corrected chi connectivity index (χ2v) is 5.82. The largest absolute Gasteiger partial charge is 0.496 e. The number of ketones is 1. The van der Waals surface area contributed by atoms with Gasteiger partial charge in [0.25, 0.3) is 0 Å². The Morgan fingerprint density at radius 3 is 2.65 bits per heavy atom. The van der Waals surface area contributed by atoms with Gasteiger partial charge in [-0.05, 0) is 37.9 Å². The molecule has 0 saturated heterocycles. The predicted molar refractivity (Wildman–Crippen MR) is 81.4 cm³/mol. The predicted octanol–water partition coefficient (Wildman–Crippen LogP) is 3.39. The number of para-hydroxylation sites is 1. The van der Waals surface area contributed by atoms with E-state index in [2.05, 4.69) is 4.90 Å². The van der Waals surface area contributed by atoms with E-state index < -0.39 is 0 Å². The van der Waals surface area contributed by atoms with E-state index in [1.54, 1.807) is 7.11 Å². The first-order valence-corrected chi connectivity index (χ1v) is 7.55. The highest BCUT2D eigenvalue weighted by molar-refractivity contribution is 6.00. The number of hydrogen-bond acceptors (Lipinski definition) is 3. The number of ether oxygens (including phenoxy) is 1. The fraction of sp³-hybridized carbons (Fsp3) is 0.588. The molecule has 0 aliphatic heterocycles. The maximum absolute atomic E-state index is 12.4. The van der Waals surface area contributed by atoms with Crippen LogP contribution in [0.3, 0.4) is 0 Å². The molecule has 0 aromatic heterocycles. The van der Waals surface area contributed by atoms with Gasteiger partial charge in [-0.3, -0.25) is 9.69 Å². The topological polar surface area (TPSA) is 29.5 Å². The van der Waals surface area contributed by atoms with Crippen LogP contribution in [0.4, 0.5) is 0 Å². The van der Waals surface area contributed by atoms with Gasteiger partial charge >= 0.3 is 0 Å². The number of nitrogens with zero attached hydrogens (tertiary/aromatic N) is 1. The average Bonchev–Trinajstić information content (AvgIpc) is 2.48. The molecule has 2 rings (SSSR count). The molecule has 0 bridgehead atoms. The molecule has 1 aliphatic carbocycles. The Balaban J connectivity index is 1.89. The lowest BCUT2D eigenvalue weighted by molar-refractivity contribution is 0.0929. The van der Waals surface area contributed by atoms with Crippen LogP contribution in [0.25, 0.3) is 0 Å². The third kappa shape index (κ3) is 4.07. The van der Waals surface area contributed by atoms with Crippen LogP contribution in [-0.2, 0) is 0 Å². The molecule has 1 aromatic rings. The highest BCUT2D eigenvalue weighted by atomic mass is 16.5. The van der Waals surface area contributed by atoms with Crippen LogP contribution in [0.1, 0.15) is 42.5 Å². The van der Waals surface area contributed by atoms with Gasteiger partial charge < -0.3 is 4.74 Å². The van der Waals surface area contributed by atoms with Crippen LogP contribution < -0.4 is 4.74 Å². The molecule has 1 aliphatic rings. The van der Waals surface area contributed by atoms with Crippen LogP contribution in [-0.4, -0.2) is 37.9 Å². The van der Waals surface area contributed by atoms with Crippen LogP contribution >= 0.6 is 0 Å². The monoisotopic (exact) mass is 275 g/mol. The summed E-state index contributed by atoms with van der Waals surface area (Å²) < 4.78 is 5.26. The summed E-state index contributed by atoms with van der Waals surface area (Å²) in [6.45, 7) is 1.50. The summed E-state index contributed by atoms with van der Waals surface area (Å²) in [5.74, 6) is 1.57. The Bertz CT molecular complexity index is 438. The second kappa shape index (κ2) is 7.44. The molecule has 0 heterocycles. The van der Waals surface area contributed by atoms with Crippen molar-refractivity contribution in [1.82, 2.24) is 4.90 Å². The van der Waals surface area contributed by atoms with E-state index in [0.29, 0.717) is 17.9 Å². The standard InChI is InChI=1S/C17H25NO2/c1-18(12-14-8-4-3-5-9-14)13-16(19)15-10-6-7-11-17(15)20-2/h6-7,10-11,14H,3-5,8-9,12-13H2,1-2H3. The summed E-state index contributed by atoms with van der Waals surface area (Å²) in [5.41, 5.74) is 0.686. The summed E-state index contributed by atoms with van der Waals surface area (Å²) >= 11 is 0. The molecule has 1 aromatic carbocycles. The van der Waals surface area contributed by atoms with Crippen LogP contribution in [0.15, 0.2) is 24.3 Å². The van der Waals surface area contributed by atoms with E-state index in [9.17, 15) is 4.79 Å². The first kappa shape index (κ1) is 15.0. The Morgan fingerprint density at radius 1 is 1.25 bits per heavy atom. The van der Waals surface area contributed by atoms with E-state index in [0.717, 1.165) is 12.5 Å². The minimum absolute atomic E-state index is 0.140. The maximum Gasteiger partial charge on any atom is 0.180 e. The van der Waals surface area contributed by atoms with E-state index in [1.165, 1.54) is 32.1 Å². The van der Waals surface area contributed by atoms with Crippen molar-refractivity contribution < 1.29 is 9.53 Å². The lowest BCUT2D eigenvalue weighted by Crippen LogP contribution is -2.31. The number of benzene rings is 1. The van der Waals surface area contributed by atoms with Crippen LogP contribution in [0.5, 0.6) is 5.75 Å². The second-order valence-electron chi connectivity index (χ2n) is 5.82. The van der Waals surface area contributed by atoms with Crippen LogP contribution in [0, 0.1) is 5.92 Å². The smallest absolute Gasteiger partial charge is 0.180 e. The molecule has 0 N–H and O–H groups in total. The van der Waals surface area contributed by atoms with Crippen LogP contribution in [0.2, 0.25) is 0 Å². The van der Waals surface area contributed by atoms with Crippen molar-refractivity contribution >= 4 is 5.78 Å². The number of carbonyl (C=O) groups excluding carboxylic acids is 1. The van der Waals surface area contributed by atoms with Gasteiger partial charge in [-0.2, -0.15) is 0 Å². The summed E-state index contributed by atoms with van der Waals surface area (Å²) in [4.78, 5) is 14.5. The Morgan fingerprint density at radius 2 is 1.95 bits per heavy atom. The summed E-state index contributed by atoms with van der Waals surface area (Å²) in [6.07, 6.45) is 6.69. The summed E-state index contributed by atoms with van der Waals surface area (Å²) in [7, 11) is 3.65. The maximum atomic E-state index is 12.4. The molecule has 20 heavy (non-hydrogen) atoms. The van der Waals surface area contributed by atoms with Crippen molar-refractivity contribution in [3.63, 3.8) is 0 Å². The van der Waals surface area contributed by atoms with Gasteiger partial charge in [0, 0.05) is 6.54 Å². The van der Waals surface area contributed by atoms with Crippen molar-refractivity contribution in [3.8, 4) is 5.75 Å². The van der Waals surface area contributed by atoms with Gasteiger partial charge in [-0.1, -0.05) is 31.4 Å². The van der Waals surface area contributed by atoms with E-state index >= 15 is 0 Å². The fourth-order valence-electron chi connectivity index (χ4n) is 3.08. The normalized spacial score (nSPS) is 16.4. The number of hydrogen-bond donors (Lipinski definition) is 0. The average molecular weight is 275 g/mol. The molecular weight excluding hydrogens is 250 g/mol.